The first-order valence-corrected chi connectivity index (χ1v) is 10.7. The number of nitrogens with one attached hydrogen (secondary N) is 1. The summed E-state index contributed by atoms with van der Waals surface area (Å²) in [5.41, 5.74) is 4.28. The molecule has 6 heteroatoms. The number of amides is 1. The van der Waals surface area contributed by atoms with Crippen molar-refractivity contribution in [2.45, 2.75) is 38.3 Å². The van der Waals surface area contributed by atoms with Gasteiger partial charge in [-0.1, -0.05) is 29.5 Å². The lowest BCUT2D eigenvalue weighted by Gasteiger charge is -2.13. The van der Waals surface area contributed by atoms with Crippen molar-refractivity contribution in [2.24, 2.45) is 0 Å². The molecule has 31 heavy (non-hydrogen) atoms. The molecule has 1 fully saturated rings. The zero-order valence-electron chi connectivity index (χ0n) is 17.2. The van der Waals surface area contributed by atoms with Gasteiger partial charge in [0, 0.05) is 11.3 Å². The number of nitrogens with zero attached hydrogens (tertiary/aromatic N) is 3. The summed E-state index contributed by atoms with van der Waals surface area (Å²) in [6.45, 7) is 0.602. The fourth-order valence-electron chi connectivity index (χ4n) is 3.99. The molecule has 1 aliphatic carbocycles. The highest BCUT2D eigenvalue weighted by Crippen LogP contribution is 2.25. The van der Waals surface area contributed by atoms with Crippen LogP contribution in [0.3, 0.4) is 0 Å². The molecule has 0 radical (unpaired) electrons. The van der Waals surface area contributed by atoms with Crippen LogP contribution < -0.4 is 10.1 Å². The minimum atomic E-state index is -0.137. The normalized spacial score (nSPS) is 14.1. The van der Waals surface area contributed by atoms with Gasteiger partial charge in [-0.3, -0.25) is 4.79 Å². The van der Waals surface area contributed by atoms with Crippen molar-refractivity contribution in [2.75, 3.05) is 5.32 Å². The zero-order valence-corrected chi connectivity index (χ0v) is 17.2. The molecular weight excluding hydrogens is 388 g/mol. The van der Waals surface area contributed by atoms with Crippen LogP contribution >= 0.6 is 0 Å². The third-order valence-electron chi connectivity index (χ3n) is 5.69. The first-order chi connectivity index (χ1) is 15.2. The van der Waals surface area contributed by atoms with Crippen LogP contribution in [0.5, 0.6) is 5.75 Å². The molecule has 156 valence electrons. The minimum Gasteiger partial charge on any atom is -0.490 e. The van der Waals surface area contributed by atoms with E-state index in [1.165, 1.54) is 12.8 Å². The van der Waals surface area contributed by atoms with Crippen molar-refractivity contribution in [1.29, 1.82) is 0 Å². The molecule has 0 spiro atoms. The molecule has 4 aromatic rings. The number of ether oxygens (including phenoxy) is 1. The number of hydrogen-bond acceptors (Lipinski definition) is 4. The van der Waals surface area contributed by atoms with Crippen LogP contribution in [0.15, 0.2) is 72.8 Å². The summed E-state index contributed by atoms with van der Waals surface area (Å²) in [6, 6.07) is 23.0. The van der Waals surface area contributed by atoms with Crippen LogP contribution in [0.4, 0.5) is 5.69 Å². The first kappa shape index (κ1) is 19.3. The average molecular weight is 412 g/mol. The second-order valence-electron chi connectivity index (χ2n) is 7.94. The second kappa shape index (κ2) is 8.60. The summed E-state index contributed by atoms with van der Waals surface area (Å²) in [5, 5.41) is 11.3. The van der Waals surface area contributed by atoms with Gasteiger partial charge in [-0.2, -0.15) is 0 Å². The van der Waals surface area contributed by atoms with Crippen molar-refractivity contribution in [1.82, 2.24) is 15.0 Å². The van der Waals surface area contributed by atoms with Crippen LogP contribution in [0.2, 0.25) is 0 Å². The summed E-state index contributed by atoms with van der Waals surface area (Å²) < 4.78 is 7.84. The Morgan fingerprint density at radius 1 is 0.968 bits per heavy atom. The highest BCUT2D eigenvalue weighted by atomic mass is 16.5. The number of carbonyl (C=O) groups is 1. The molecule has 5 rings (SSSR count). The number of fused-ring (bicyclic) bond motifs is 1. The number of para-hydroxylation sites is 1. The van der Waals surface area contributed by atoms with E-state index in [0.29, 0.717) is 18.2 Å². The van der Waals surface area contributed by atoms with Gasteiger partial charge >= 0.3 is 0 Å². The van der Waals surface area contributed by atoms with E-state index in [-0.39, 0.29) is 5.91 Å². The third kappa shape index (κ3) is 4.43. The molecule has 0 aliphatic heterocycles. The minimum absolute atomic E-state index is 0.137. The van der Waals surface area contributed by atoms with E-state index in [2.05, 4.69) is 15.6 Å². The highest BCUT2D eigenvalue weighted by Gasteiger charge is 2.16. The maximum atomic E-state index is 12.6. The van der Waals surface area contributed by atoms with Crippen molar-refractivity contribution in [3.8, 4) is 5.75 Å². The van der Waals surface area contributed by atoms with Gasteiger partial charge < -0.3 is 10.1 Å². The Labute approximate surface area is 180 Å². The van der Waals surface area contributed by atoms with E-state index in [9.17, 15) is 4.79 Å². The Morgan fingerprint density at radius 2 is 1.71 bits per heavy atom. The number of aromatic nitrogens is 3. The second-order valence-corrected chi connectivity index (χ2v) is 7.94. The molecule has 1 heterocycles. The first-order valence-electron chi connectivity index (χ1n) is 10.7. The summed E-state index contributed by atoms with van der Waals surface area (Å²) in [7, 11) is 0. The Kier molecular flexibility index (Phi) is 5.35. The number of hydrogen-bond donors (Lipinski definition) is 1. The van der Waals surface area contributed by atoms with Crippen molar-refractivity contribution in [3.05, 3.63) is 83.9 Å². The van der Waals surface area contributed by atoms with Gasteiger partial charge in [0.25, 0.3) is 5.91 Å². The van der Waals surface area contributed by atoms with Gasteiger partial charge in [0.05, 0.1) is 18.2 Å². The molecule has 1 aromatic heterocycles. The molecule has 1 N–H and O–H groups in total. The fraction of sp³-hybridized carbons (Fsp3) is 0.240. The summed E-state index contributed by atoms with van der Waals surface area (Å²) in [5.74, 6) is 0.720. The van der Waals surface area contributed by atoms with Gasteiger partial charge in [-0.25, -0.2) is 4.68 Å². The Hall–Kier alpha value is -3.67. The SMILES string of the molecule is O=C(Nc1ccc(OC2CCCC2)cc1)c1ccc(Cn2nnc3ccccc32)cc1. The summed E-state index contributed by atoms with van der Waals surface area (Å²) in [6.07, 6.45) is 5.07. The number of benzene rings is 3. The van der Waals surface area contributed by atoms with Gasteiger partial charge in [0.15, 0.2) is 0 Å². The molecule has 0 bridgehead atoms. The Bertz CT molecular complexity index is 1180. The lowest BCUT2D eigenvalue weighted by Crippen LogP contribution is -2.13. The van der Waals surface area contributed by atoms with Gasteiger partial charge in [0.2, 0.25) is 0 Å². The fourth-order valence-corrected chi connectivity index (χ4v) is 3.99. The highest BCUT2D eigenvalue weighted by molar-refractivity contribution is 6.04. The molecular formula is C25H24N4O2. The lowest BCUT2D eigenvalue weighted by molar-refractivity contribution is 0.102. The van der Waals surface area contributed by atoms with E-state index < -0.39 is 0 Å². The molecule has 1 aliphatic rings. The predicted octanol–water partition coefficient (Wildman–Crippen LogP) is 5.05. The van der Waals surface area contributed by atoms with Crippen LogP contribution in [-0.4, -0.2) is 27.0 Å². The summed E-state index contributed by atoms with van der Waals surface area (Å²) >= 11 is 0. The molecule has 6 nitrogen and oxygen atoms in total. The molecule has 0 unspecified atom stereocenters. The van der Waals surface area contributed by atoms with Gasteiger partial charge in [-0.15, -0.1) is 5.10 Å². The average Bonchev–Trinajstić information content (AvgIpc) is 3.46. The van der Waals surface area contributed by atoms with Crippen molar-refractivity contribution in [3.63, 3.8) is 0 Å². The largest absolute Gasteiger partial charge is 0.490 e. The van der Waals surface area contributed by atoms with E-state index in [0.717, 1.165) is 40.9 Å². The number of rotatable bonds is 6. The third-order valence-corrected chi connectivity index (χ3v) is 5.69. The molecule has 0 saturated heterocycles. The van der Waals surface area contributed by atoms with Crippen molar-refractivity contribution >= 4 is 22.6 Å². The maximum absolute atomic E-state index is 12.6. The Balaban J connectivity index is 1.21. The number of anilines is 1. The molecule has 3 aromatic carbocycles. The molecule has 0 atom stereocenters. The van der Waals surface area contributed by atoms with Crippen LogP contribution in [0.25, 0.3) is 11.0 Å². The predicted molar refractivity (Wildman–Crippen MR) is 120 cm³/mol. The van der Waals surface area contributed by atoms with Crippen LogP contribution in [0.1, 0.15) is 41.6 Å². The number of carbonyl (C=O) groups excluding carboxylic acids is 1. The van der Waals surface area contributed by atoms with Gasteiger partial charge in [-0.05, 0) is 79.8 Å². The van der Waals surface area contributed by atoms with Crippen LogP contribution in [0, 0.1) is 0 Å². The van der Waals surface area contributed by atoms with Crippen LogP contribution in [-0.2, 0) is 6.54 Å². The van der Waals surface area contributed by atoms with E-state index in [4.69, 9.17) is 4.74 Å². The standard InChI is InChI=1S/C25H24N4O2/c30-25(26-20-13-15-22(16-14-20)31-21-5-1-2-6-21)19-11-9-18(10-12-19)17-29-24-8-4-3-7-23(24)27-28-29/h3-4,7-16,21H,1-2,5-6,17H2,(H,26,30). The summed E-state index contributed by atoms with van der Waals surface area (Å²) in [4.78, 5) is 12.6. The molecule has 1 saturated carbocycles. The monoisotopic (exact) mass is 412 g/mol. The quantitative estimate of drug-likeness (QED) is 0.481. The smallest absolute Gasteiger partial charge is 0.255 e. The van der Waals surface area contributed by atoms with E-state index in [1.807, 2.05) is 77.5 Å². The zero-order chi connectivity index (χ0) is 21.0. The van der Waals surface area contributed by atoms with Gasteiger partial charge in [0.1, 0.15) is 11.3 Å². The molecule has 1 amide bonds. The lowest BCUT2D eigenvalue weighted by atomic mass is 10.1. The maximum Gasteiger partial charge on any atom is 0.255 e. The topological polar surface area (TPSA) is 69.0 Å². The van der Waals surface area contributed by atoms with Crippen molar-refractivity contribution < 1.29 is 9.53 Å². The Morgan fingerprint density at radius 3 is 2.48 bits per heavy atom. The van der Waals surface area contributed by atoms with E-state index in [1.54, 1.807) is 0 Å². The van der Waals surface area contributed by atoms with E-state index >= 15 is 0 Å².